The normalized spacial score (nSPS) is 29.1. The fraction of sp³-hybridized carbons (Fsp3) is 0.526. The van der Waals surface area contributed by atoms with Gasteiger partial charge in [-0.1, -0.05) is 0 Å². The van der Waals surface area contributed by atoms with E-state index < -0.39 is 43.4 Å². The molecule has 1 aliphatic rings. The van der Waals surface area contributed by atoms with Gasteiger partial charge in [0.2, 0.25) is 0 Å². The molecular formula is C19H24O9. The zero-order valence-electron chi connectivity index (χ0n) is 15.5. The van der Waals surface area contributed by atoms with Gasteiger partial charge in [-0.05, 0) is 31.9 Å². The lowest BCUT2D eigenvalue weighted by Gasteiger charge is -2.40. The predicted octanol–water partition coefficient (Wildman–Crippen LogP) is -0.445. The Balaban J connectivity index is 1.82. The summed E-state index contributed by atoms with van der Waals surface area (Å²) in [6.45, 7) is 2.74. The first-order chi connectivity index (χ1) is 13.2. The summed E-state index contributed by atoms with van der Waals surface area (Å²) in [5, 5.41) is 49.3. The van der Waals surface area contributed by atoms with Gasteiger partial charge in [0, 0.05) is 12.1 Å². The van der Waals surface area contributed by atoms with Crippen molar-refractivity contribution in [2.24, 2.45) is 0 Å². The number of aryl methyl sites for hydroxylation is 1. The third kappa shape index (κ3) is 4.04. The van der Waals surface area contributed by atoms with Crippen molar-refractivity contribution >= 4 is 11.0 Å². The number of hydrogen-bond donors (Lipinski definition) is 5. The van der Waals surface area contributed by atoms with Crippen LogP contribution < -0.4 is 5.43 Å². The summed E-state index contributed by atoms with van der Waals surface area (Å²) in [5.74, 6) is 0.343. The van der Waals surface area contributed by atoms with E-state index in [-0.39, 0.29) is 23.2 Å². The summed E-state index contributed by atoms with van der Waals surface area (Å²) in [7, 11) is 0. The molecule has 1 fully saturated rings. The third-order valence-electron chi connectivity index (χ3n) is 4.74. The largest absolute Gasteiger partial charge is 0.508 e. The Hall–Kier alpha value is -2.01. The minimum Gasteiger partial charge on any atom is -0.508 e. The van der Waals surface area contributed by atoms with Crippen molar-refractivity contribution in [1.29, 1.82) is 0 Å². The van der Waals surface area contributed by atoms with Crippen molar-refractivity contribution < 1.29 is 39.4 Å². The van der Waals surface area contributed by atoms with Crippen LogP contribution >= 0.6 is 0 Å². The van der Waals surface area contributed by atoms with Crippen molar-refractivity contribution in [1.82, 2.24) is 0 Å². The number of phenols is 1. The van der Waals surface area contributed by atoms with Crippen LogP contribution in [0.3, 0.4) is 0 Å². The molecule has 0 spiro atoms. The van der Waals surface area contributed by atoms with Crippen LogP contribution in [0.25, 0.3) is 11.0 Å². The van der Waals surface area contributed by atoms with Crippen LogP contribution in [0.5, 0.6) is 5.75 Å². The molecule has 2 aromatic rings. The predicted molar refractivity (Wildman–Crippen MR) is 96.9 cm³/mol. The fourth-order valence-electron chi connectivity index (χ4n) is 3.40. The van der Waals surface area contributed by atoms with Gasteiger partial charge >= 0.3 is 0 Å². The number of aliphatic hydroxyl groups excluding tert-OH is 4. The monoisotopic (exact) mass is 396 g/mol. The summed E-state index contributed by atoms with van der Waals surface area (Å²) in [6, 6.07) is 4.14. The molecule has 1 aliphatic heterocycles. The van der Waals surface area contributed by atoms with E-state index in [1.165, 1.54) is 18.2 Å². The first kappa shape index (κ1) is 20.7. The van der Waals surface area contributed by atoms with Crippen LogP contribution in [0.15, 0.2) is 27.4 Å². The molecule has 0 bridgehead atoms. The van der Waals surface area contributed by atoms with Crippen LogP contribution in [0.4, 0.5) is 0 Å². The zero-order chi connectivity index (χ0) is 20.6. The average Bonchev–Trinajstić information content (AvgIpc) is 2.61. The van der Waals surface area contributed by atoms with E-state index in [2.05, 4.69) is 0 Å². The van der Waals surface area contributed by atoms with E-state index >= 15 is 0 Å². The highest BCUT2D eigenvalue weighted by Crippen LogP contribution is 2.27. The third-order valence-corrected chi connectivity index (χ3v) is 4.74. The second-order valence-electron chi connectivity index (χ2n) is 7.05. The second kappa shape index (κ2) is 8.16. The van der Waals surface area contributed by atoms with Gasteiger partial charge in [0.05, 0.1) is 18.1 Å². The van der Waals surface area contributed by atoms with E-state index in [4.69, 9.17) is 13.9 Å². The van der Waals surface area contributed by atoms with Crippen LogP contribution in [0.1, 0.15) is 18.2 Å². The van der Waals surface area contributed by atoms with Crippen LogP contribution in [0, 0.1) is 6.92 Å². The number of phenolic OH excluding ortho intramolecular Hbond substituents is 1. The summed E-state index contributed by atoms with van der Waals surface area (Å²) in [5.41, 5.74) is 0.481. The molecule has 154 valence electrons. The Morgan fingerprint density at radius 3 is 2.54 bits per heavy atom. The maximum absolute atomic E-state index is 12.4. The Morgan fingerprint density at radius 2 is 1.86 bits per heavy atom. The highest BCUT2D eigenvalue weighted by atomic mass is 16.7. The summed E-state index contributed by atoms with van der Waals surface area (Å²) in [6.07, 6.45) is -7.33. The van der Waals surface area contributed by atoms with Gasteiger partial charge in [-0.15, -0.1) is 0 Å². The molecule has 1 aromatic carbocycles. The first-order valence-electron chi connectivity index (χ1n) is 8.93. The molecular weight excluding hydrogens is 372 g/mol. The summed E-state index contributed by atoms with van der Waals surface area (Å²) >= 11 is 0. The second-order valence-corrected chi connectivity index (χ2v) is 7.05. The smallest absolute Gasteiger partial charge is 0.193 e. The lowest BCUT2D eigenvalue weighted by Crippen LogP contribution is -2.59. The molecule has 0 saturated carbocycles. The Labute approximate surface area is 160 Å². The van der Waals surface area contributed by atoms with E-state index in [1.807, 2.05) is 0 Å². The molecule has 0 amide bonds. The number of benzene rings is 1. The van der Waals surface area contributed by atoms with E-state index in [1.54, 1.807) is 13.8 Å². The van der Waals surface area contributed by atoms with E-state index in [0.29, 0.717) is 16.7 Å². The van der Waals surface area contributed by atoms with Crippen molar-refractivity contribution in [3.05, 3.63) is 39.7 Å². The van der Waals surface area contributed by atoms with Crippen LogP contribution in [-0.4, -0.2) is 68.9 Å². The molecule has 0 aliphatic carbocycles. The lowest BCUT2D eigenvalue weighted by molar-refractivity contribution is -0.309. The first-order valence-corrected chi connectivity index (χ1v) is 8.93. The maximum atomic E-state index is 12.4. The summed E-state index contributed by atoms with van der Waals surface area (Å²) < 4.78 is 16.5. The molecule has 9 heteroatoms. The van der Waals surface area contributed by atoms with Crippen molar-refractivity contribution in [3.63, 3.8) is 0 Å². The number of rotatable bonds is 5. The van der Waals surface area contributed by atoms with Gasteiger partial charge < -0.3 is 39.4 Å². The minimum atomic E-state index is -1.54. The van der Waals surface area contributed by atoms with Gasteiger partial charge in [0.15, 0.2) is 11.7 Å². The highest BCUT2D eigenvalue weighted by molar-refractivity contribution is 5.82. The Morgan fingerprint density at radius 1 is 1.14 bits per heavy atom. The molecule has 28 heavy (non-hydrogen) atoms. The molecule has 3 rings (SSSR count). The van der Waals surface area contributed by atoms with Gasteiger partial charge in [0.25, 0.3) is 0 Å². The molecule has 0 radical (unpaired) electrons. The van der Waals surface area contributed by atoms with Crippen LogP contribution in [0.2, 0.25) is 0 Å². The SMILES string of the molecule is Cc1cc(=O)c2c(C[C@@H](C)O[C@H]3O[C@H](CO)[C@H](O)[C@@H](O)[C@H]3O)cc(O)cc2o1. The van der Waals surface area contributed by atoms with Crippen molar-refractivity contribution in [2.75, 3.05) is 6.61 Å². The lowest BCUT2D eigenvalue weighted by atomic mass is 9.99. The quantitative estimate of drug-likeness (QED) is 0.453. The van der Waals surface area contributed by atoms with E-state index in [9.17, 15) is 30.3 Å². The molecule has 2 heterocycles. The average molecular weight is 396 g/mol. The van der Waals surface area contributed by atoms with Gasteiger partial charge in [-0.25, -0.2) is 0 Å². The molecule has 1 saturated heterocycles. The standard InChI is InChI=1S/C19H24O9/c1-8(27-19-18(25)17(24)16(23)14(7-20)28-19)3-10-5-11(21)6-13-15(10)12(22)4-9(2)26-13/h4-6,8,14,16-21,23-25H,3,7H2,1-2H3/t8-,14-,16+,17-,18-,19+/m1/s1. The Bertz CT molecular complexity index is 886. The minimum absolute atomic E-state index is 0.0729. The number of aromatic hydroxyl groups is 1. The highest BCUT2D eigenvalue weighted by Gasteiger charge is 2.44. The van der Waals surface area contributed by atoms with E-state index in [0.717, 1.165) is 0 Å². The zero-order valence-corrected chi connectivity index (χ0v) is 15.5. The van der Waals surface area contributed by atoms with Crippen molar-refractivity contribution in [3.8, 4) is 5.75 Å². The molecule has 5 N–H and O–H groups in total. The maximum Gasteiger partial charge on any atom is 0.193 e. The van der Waals surface area contributed by atoms with Gasteiger partial charge in [-0.3, -0.25) is 4.79 Å². The van der Waals surface area contributed by atoms with Crippen molar-refractivity contribution in [2.45, 2.75) is 57.1 Å². The Kier molecular flexibility index (Phi) is 6.04. The number of fused-ring (bicyclic) bond motifs is 1. The molecule has 6 atom stereocenters. The number of ether oxygens (including phenoxy) is 2. The van der Waals surface area contributed by atoms with Crippen LogP contribution in [-0.2, 0) is 15.9 Å². The van der Waals surface area contributed by atoms with Gasteiger partial charge in [-0.2, -0.15) is 0 Å². The molecule has 1 aromatic heterocycles. The topological polar surface area (TPSA) is 150 Å². The van der Waals surface area contributed by atoms with Gasteiger partial charge in [0.1, 0.15) is 41.5 Å². The number of aliphatic hydroxyl groups is 4. The fourth-order valence-corrected chi connectivity index (χ4v) is 3.40. The molecule has 0 unspecified atom stereocenters. The number of hydrogen-bond acceptors (Lipinski definition) is 9. The molecule has 9 nitrogen and oxygen atoms in total. The summed E-state index contributed by atoms with van der Waals surface area (Å²) in [4.78, 5) is 12.4.